The molecular weight excluding hydrogens is 452 g/mol. The average molecular weight is 475 g/mol. The first-order valence-corrected chi connectivity index (χ1v) is 12.3. The summed E-state index contributed by atoms with van der Waals surface area (Å²) in [5, 5.41) is 5.22. The summed E-state index contributed by atoms with van der Waals surface area (Å²) in [5.74, 6) is 0.863. The van der Waals surface area contributed by atoms with Crippen molar-refractivity contribution >= 4 is 54.8 Å². The van der Waals surface area contributed by atoms with E-state index in [1.807, 2.05) is 55.5 Å². The molecule has 2 aromatic carbocycles. The molecular formula is C25H22N4O2S2. The largest absolute Gasteiger partial charge is 0.491 e. The molecule has 0 aliphatic heterocycles. The van der Waals surface area contributed by atoms with Gasteiger partial charge in [0.15, 0.2) is 5.13 Å². The lowest BCUT2D eigenvalue weighted by Crippen LogP contribution is -2.13. The van der Waals surface area contributed by atoms with Crippen LogP contribution in [-0.4, -0.2) is 27.5 Å². The van der Waals surface area contributed by atoms with Gasteiger partial charge in [0, 0.05) is 17.6 Å². The van der Waals surface area contributed by atoms with Gasteiger partial charge in [-0.3, -0.25) is 15.1 Å². The highest BCUT2D eigenvalue weighted by Gasteiger charge is 2.21. The Kier molecular flexibility index (Phi) is 5.78. The van der Waals surface area contributed by atoms with Crippen molar-refractivity contribution in [2.45, 2.75) is 20.8 Å². The minimum Gasteiger partial charge on any atom is -0.491 e. The van der Waals surface area contributed by atoms with Crippen LogP contribution in [0.15, 0.2) is 54.7 Å². The zero-order chi connectivity index (χ0) is 22.9. The van der Waals surface area contributed by atoms with E-state index in [0.29, 0.717) is 23.4 Å². The number of rotatable bonds is 6. The van der Waals surface area contributed by atoms with E-state index >= 15 is 0 Å². The molecule has 33 heavy (non-hydrogen) atoms. The van der Waals surface area contributed by atoms with Crippen molar-refractivity contribution in [2.75, 3.05) is 11.9 Å². The van der Waals surface area contributed by atoms with Crippen LogP contribution in [0.2, 0.25) is 0 Å². The highest BCUT2D eigenvalue weighted by Crippen LogP contribution is 2.37. The highest BCUT2D eigenvalue weighted by molar-refractivity contribution is 7.22. The van der Waals surface area contributed by atoms with Gasteiger partial charge in [-0.25, -0.2) is 9.97 Å². The van der Waals surface area contributed by atoms with E-state index < -0.39 is 0 Å². The van der Waals surface area contributed by atoms with Gasteiger partial charge in [0.25, 0.3) is 5.91 Å². The van der Waals surface area contributed by atoms with E-state index in [1.165, 1.54) is 22.7 Å². The number of thiazole rings is 2. The number of aryl methyl sites for hydroxylation is 1. The number of benzene rings is 2. The number of hydrogen-bond acceptors (Lipinski definition) is 7. The van der Waals surface area contributed by atoms with E-state index in [4.69, 9.17) is 9.72 Å². The maximum atomic E-state index is 13.2. The molecule has 0 bridgehead atoms. The lowest BCUT2D eigenvalue weighted by Gasteiger charge is -2.10. The van der Waals surface area contributed by atoms with Gasteiger partial charge in [-0.05, 0) is 30.5 Å². The van der Waals surface area contributed by atoms with E-state index in [1.54, 1.807) is 6.20 Å². The predicted molar refractivity (Wildman–Crippen MR) is 135 cm³/mol. The number of nitrogens with one attached hydrogen (secondary N) is 1. The predicted octanol–water partition coefficient (Wildman–Crippen LogP) is 6.56. The zero-order valence-corrected chi connectivity index (χ0v) is 20.1. The van der Waals surface area contributed by atoms with Gasteiger partial charge in [0.2, 0.25) is 0 Å². The monoisotopic (exact) mass is 474 g/mol. The van der Waals surface area contributed by atoms with Crippen molar-refractivity contribution in [3.63, 3.8) is 0 Å². The number of carbonyl (C=O) groups is 1. The SMILES string of the molecule is Cc1nc(C(=O)Nc2nc3c(cc(OCC(C)C)c4ncccc43)s2)c(-c2ccccc2)s1. The summed E-state index contributed by atoms with van der Waals surface area (Å²) >= 11 is 2.93. The second kappa shape index (κ2) is 8.88. The van der Waals surface area contributed by atoms with Crippen LogP contribution in [0.5, 0.6) is 5.75 Å². The van der Waals surface area contributed by atoms with Gasteiger partial charge >= 0.3 is 0 Å². The van der Waals surface area contributed by atoms with E-state index in [-0.39, 0.29) is 5.91 Å². The second-order valence-corrected chi connectivity index (χ2v) is 10.3. The van der Waals surface area contributed by atoms with Crippen LogP contribution in [-0.2, 0) is 0 Å². The number of amides is 1. The molecule has 0 aliphatic carbocycles. The third-order valence-electron chi connectivity index (χ3n) is 4.99. The first kappa shape index (κ1) is 21.5. The number of pyridine rings is 1. The third kappa shape index (κ3) is 4.31. The summed E-state index contributed by atoms with van der Waals surface area (Å²) in [6, 6.07) is 15.7. The van der Waals surface area contributed by atoms with Crippen LogP contribution in [0.3, 0.4) is 0 Å². The molecule has 1 amide bonds. The molecule has 5 aromatic rings. The first-order chi connectivity index (χ1) is 16.0. The van der Waals surface area contributed by atoms with Gasteiger partial charge < -0.3 is 4.74 Å². The summed E-state index contributed by atoms with van der Waals surface area (Å²) in [6.45, 7) is 6.73. The lowest BCUT2D eigenvalue weighted by molar-refractivity contribution is 0.102. The van der Waals surface area contributed by atoms with Crippen LogP contribution < -0.4 is 10.1 Å². The van der Waals surface area contributed by atoms with Crippen LogP contribution in [0.4, 0.5) is 5.13 Å². The molecule has 8 heteroatoms. The summed E-state index contributed by atoms with van der Waals surface area (Å²) in [4.78, 5) is 27.8. The topological polar surface area (TPSA) is 77.0 Å². The maximum absolute atomic E-state index is 13.2. The third-order valence-corrected chi connectivity index (χ3v) is 6.93. The molecule has 3 heterocycles. The van der Waals surface area contributed by atoms with Gasteiger partial charge in [0.05, 0.1) is 26.7 Å². The minimum atomic E-state index is -0.268. The van der Waals surface area contributed by atoms with Crippen molar-refractivity contribution in [3.8, 4) is 16.2 Å². The van der Waals surface area contributed by atoms with Crippen LogP contribution in [0.25, 0.3) is 31.6 Å². The van der Waals surface area contributed by atoms with Crippen molar-refractivity contribution < 1.29 is 9.53 Å². The molecule has 0 atom stereocenters. The molecule has 0 radical (unpaired) electrons. The zero-order valence-electron chi connectivity index (χ0n) is 18.5. The number of carbonyl (C=O) groups excluding carboxylic acids is 1. The molecule has 0 saturated heterocycles. The van der Waals surface area contributed by atoms with Gasteiger partial charge in [-0.15, -0.1) is 11.3 Å². The first-order valence-electron chi connectivity index (χ1n) is 10.6. The van der Waals surface area contributed by atoms with Gasteiger partial charge in [-0.2, -0.15) is 0 Å². The molecule has 6 nitrogen and oxygen atoms in total. The molecule has 3 aromatic heterocycles. The Hall–Kier alpha value is -3.36. The second-order valence-electron chi connectivity index (χ2n) is 8.08. The summed E-state index contributed by atoms with van der Waals surface area (Å²) in [7, 11) is 0. The van der Waals surface area contributed by atoms with E-state index in [9.17, 15) is 4.79 Å². The Balaban J connectivity index is 1.51. The molecule has 0 saturated carbocycles. The molecule has 1 N–H and O–H groups in total. The summed E-state index contributed by atoms with van der Waals surface area (Å²) in [6.07, 6.45) is 1.75. The fraction of sp³-hybridized carbons (Fsp3) is 0.200. The maximum Gasteiger partial charge on any atom is 0.277 e. The molecule has 166 valence electrons. The lowest BCUT2D eigenvalue weighted by atomic mass is 10.1. The Morgan fingerprint density at radius 2 is 1.88 bits per heavy atom. The Morgan fingerprint density at radius 1 is 1.06 bits per heavy atom. The fourth-order valence-corrected chi connectivity index (χ4v) is 5.37. The summed E-state index contributed by atoms with van der Waals surface area (Å²) in [5.41, 5.74) is 2.96. The normalized spacial score (nSPS) is 11.4. The number of anilines is 1. The standard InChI is InChI=1S/C25H22N4O2S2/c1-14(2)13-31-18-12-19-21(17-10-7-11-26-20(17)18)28-25(33-19)29-24(30)22-23(32-15(3)27-22)16-8-5-4-6-9-16/h4-12,14H,13H2,1-3H3,(H,28,29,30). The van der Waals surface area contributed by atoms with Crippen LogP contribution >= 0.6 is 22.7 Å². The van der Waals surface area contributed by atoms with E-state index in [2.05, 4.69) is 29.1 Å². The Labute approximate surface area is 199 Å². The van der Waals surface area contributed by atoms with Gasteiger partial charge in [-0.1, -0.05) is 55.5 Å². The van der Waals surface area contributed by atoms with Crippen molar-refractivity contribution in [3.05, 3.63) is 65.4 Å². The van der Waals surface area contributed by atoms with Crippen molar-refractivity contribution in [1.29, 1.82) is 0 Å². The summed E-state index contributed by atoms with van der Waals surface area (Å²) < 4.78 is 6.97. The smallest absolute Gasteiger partial charge is 0.277 e. The highest BCUT2D eigenvalue weighted by atomic mass is 32.1. The van der Waals surface area contributed by atoms with E-state index in [0.717, 1.165) is 42.3 Å². The number of hydrogen-bond donors (Lipinski definition) is 1. The number of ether oxygens (including phenoxy) is 1. The molecule has 5 rings (SSSR count). The quantitative estimate of drug-likeness (QED) is 0.301. The fourth-order valence-electron chi connectivity index (χ4n) is 3.55. The Bertz CT molecular complexity index is 1460. The molecule has 0 fully saturated rings. The van der Waals surface area contributed by atoms with Gasteiger partial charge in [0.1, 0.15) is 17.0 Å². The van der Waals surface area contributed by atoms with Crippen molar-refractivity contribution in [1.82, 2.24) is 15.0 Å². The molecule has 0 aliphatic rings. The molecule has 0 spiro atoms. The number of aromatic nitrogens is 3. The van der Waals surface area contributed by atoms with Crippen LogP contribution in [0.1, 0.15) is 29.3 Å². The Morgan fingerprint density at radius 3 is 2.67 bits per heavy atom. The van der Waals surface area contributed by atoms with Crippen molar-refractivity contribution in [2.24, 2.45) is 5.92 Å². The average Bonchev–Trinajstić information content (AvgIpc) is 3.41. The molecule has 0 unspecified atom stereocenters. The number of nitrogens with zero attached hydrogens (tertiary/aromatic N) is 3. The van der Waals surface area contributed by atoms with Crippen LogP contribution in [0, 0.1) is 12.8 Å². The minimum absolute atomic E-state index is 0.268. The number of fused-ring (bicyclic) bond motifs is 3.